The molecule has 0 aromatic heterocycles. The summed E-state index contributed by atoms with van der Waals surface area (Å²) in [5.41, 5.74) is 2.62. The molecule has 4 nitrogen and oxygen atoms in total. The van der Waals surface area contributed by atoms with Gasteiger partial charge in [0.2, 0.25) is 11.8 Å². The number of amides is 2. The van der Waals surface area contributed by atoms with Crippen molar-refractivity contribution >= 4 is 17.5 Å². The van der Waals surface area contributed by atoms with Crippen molar-refractivity contribution in [1.29, 1.82) is 0 Å². The van der Waals surface area contributed by atoms with Crippen molar-refractivity contribution in [1.82, 2.24) is 0 Å². The lowest BCUT2D eigenvalue weighted by molar-refractivity contribution is -0.122. The van der Waals surface area contributed by atoms with Gasteiger partial charge in [-0.3, -0.25) is 9.59 Å². The number of carbonyl (C=O) groups excluding carboxylic acids is 2. The standard InChI is InChI=1S/C20H21NO3/c1-13-9-10-17(18(11-13)24-3)21-19(22)12-16(20(21)23)14(2)15-7-5-4-6-8-15/h4-11,14,16H,12H2,1-3H3/t14-,16+/m1/s1. The quantitative estimate of drug-likeness (QED) is 0.806. The Balaban J connectivity index is 1.93. The number of hydrogen-bond donors (Lipinski definition) is 0. The fourth-order valence-corrected chi connectivity index (χ4v) is 3.26. The molecule has 0 aliphatic carbocycles. The number of imide groups is 1. The van der Waals surface area contributed by atoms with Crippen molar-refractivity contribution < 1.29 is 14.3 Å². The second-order valence-corrected chi connectivity index (χ2v) is 6.25. The number of rotatable bonds is 4. The van der Waals surface area contributed by atoms with Crippen LogP contribution in [0.1, 0.15) is 30.4 Å². The second kappa shape index (κ2) is 6.48. The minimum atomic E-state index is -0.342. The predicted octanol–water partition coefficient (Wildman–Crippen LogP) is 3.69. The lowest BCUT2D eigenvalue weighted by Crippen LogP contribution is -2.31. The Labute approximate surface area is 142 Å². The number of ether oxygens (including phenoxy) is 1. The molecule has 1 heterocycles. The van der Waals surface area contributed by atoms with E-state index in [1.54, 1.807) is 13.2 Å². The van der Waals surface area contributed by atoms with Crippen LogP contribution in [0.2, 0.25) is 0 Å². The number of hydrogen-bond acceptors (Lipinski definition) is 3. The summed E-state index contributed by atoms with van der Waals surface area (Å²) in [6.45, 7) is 3.95. The first-order valence-corrected chi connectivity index (χ1v) is 8.09. The van der Waals surface area contributed by atoms with Crippen molar-refractivity contribution in [2.24, 2.45) is 5.92 Å². The van der Waals surface area contributed by atoms with Crippen LogP contribution in [-0.4, -0.2) is 18.9 Å². The summed E-state index contributed by atoms with van der Waals surface area (Å²) in [4.78, 5) is 26.7. The van der Waals surface area contributed by atoms with Gasteiger partial charge in [0.05, 0.1) is 18.7 Å². The molecule has 2 atom stereocenters. The highest BCUT2D eigenvalue weighted by atomic mass is 16.5. The van der Waals surface area contributed by atoms with Gasteiger partial charge >= 0.3 is 0 Å². The summed E-state index contributed by atoms with van der Waals surface area (Å²) in [5, 5.41) is 0. The van der Waals surface area contributed by atoms with Crippen molar-refractivity contribution in [3.63, 3.8) is 0 Å². The van der Waals surface area contributed by atoms with Crippen LogP contribution in [0.15, 0.2) is 48.5 Å². The molecule has 24 heavy (non-hydrogen) atoms. The molecule has 4 heteroatoms. The molecule has 0 radical (unpaired) electrons. The molecular formula is C20H21NO3. The van der Waals surface area contributed by atoms with Crippen molar-refractivity contribution in [2.75, 3.05) is 12.0 Å². The third kappa shape index (κ3) is 2.80. The van der Waals surface area contributed by atoms with E-state index in [2.05, 4.69) is 0 Å². The number of methoxy groups -OCH3 is 1. The molecule has 0 unspecified atom stereocenters. The Morgan fingerprint density at radius 3 is 2.50 bits per heavy atom. The van der Waals surface area contributed by atoms with Crippen LogP contribution in [0.3, 0.4) is 0 Å². The maximum absolute atomic E-state index is 12.9. The lowest BCUT2D eigenvalue weighted by Gasteiger charge is -2.21. The van der Waals surface area contributed by atoms with Gasteiger partial charge in [-0.05, 0) is 36.1 Å². The van der Waals surface area contributed by atoms with Gasteiger partial charge in [0.15, 0.2) is 0 Å². The maximum atomic E-state index is 12.9. The fourth-order valence-electron chi connectivity index (χ4n) is 3.26. The third-order valence-electron chi connectivity index (χ3n) is 4.69. The Kier molecular flexibility index (Phi) is 4.38. The van der Waals surface area contributed by atoms with E-state index < -0.39 is 0 Å². The van der Waals surface area contributed by atoms with E-state index in [9.17, 15) is 9.59 Å². The van der Waals surface area contributed by atoms with E-state index in [-0.39, 0.29) is 30.1 Å². The van der Waals surface area contributed by atoms with E-state index in [1.165, 1.54) is 4.90 Å². The SMILES string of the molecule is COc1cc(C)ccc1N1C(=O)C[C@@H]([C@H](C)c2ccccc2)C1=O. The van der Waals surface area contributed by atoms with Crippen molar-refractivity contribution in [3.8, 4) is 5.75 Å². The molecule has 0 saturated carbocycles. The summed E-state index contributed by atoms with van der Waals surface area (Å²) in [6.07, 6.45) is 0.228. The zero-order valence-electron chi connectivity index (χ0n) is 14.2. The second-order valence-electron chi connectivity index (χ2n) is 6.25. The van der Waals surface area contributed by atoms with E-state index in [1.807, 2.05) is 56.3 Å². The third-order valence-corrected chi connectivity index (χ3v) is 4.69. The van der Waals surface area contributed by atoms with Gasteiger partial charge in [0.1, 0.15) is 5.75 Å². The molecule has 1 saturated heterocycles. The van der Waals surface area contributed by atoms with E-state index in [0.717, 1.165) is 11.1 Å². The molecular weight excluding hydrogens is 302 g/mol. The van der Waals surface area contributed by atoms with Crippen LogP contribution in [0.25, 0.3) is 0 Å². The topological polar surface area (TPSA) is 46.6 Å². The zero-order valence-corrected chi connectivity index (χ0v) is 14.2. The number of carbonyl (C=O) groups is 2. The van der Waals surface area contributed by atoms with Crippen molar-refractivity contribution in [2.45, 2.75) is 26.2 Å². The normalized spacial score (nSPS) is 18.8. The van der Waals surface area contributed by atoms with Gasteiger partial charge in [0.25, 0.3) is 0 Å². The maximum Gasteiger partial charge on any atom is 0.238 e. The fraction of sp³-hybridized carbons (Fsp3) is 0.300. The Hall–Kier alpha value is -2.62. The smallest absolute Gasteiger partial charge is 0.238 e. The molecule has 0 spiro atoms. The Morgan fingerprint density at radius 2 is 1.83 bits per heavy atom. The first kappa shape index (κ1) is 16.2. The minimum Gasteiger partial charge on any atom is -0.495 e. The first-order chi connectivity index (χ1) is 11.5. The average Bonchev–Trinajstić information content (AvgIpc) is 2.89. The van der Waals surface area contributed by atoms with Gasteiger partial charge < -0.3 is 4.74 Å². The first-order valence-electron chi connectivity index (χ1n) is 8.09. The minimum absolute atomic E-state index is 0.0101. The number of aryl methyl sites for hydroxylation is 1. The van der Waals surface area contributed by atoms with Crippen LogP contribution in [0.4, 0.5) is 5.69 Å². The molecule has 0 bridgehead atoms. The lowest BCUT2D eigenvalue weighted by atomic mass is 9.86. The molecule has 0 N–H and O–H groups in total. The molecule has 2 aromatic rings. The molecule has 1 aliphatic rings. The molecule has 2 aromatic carbocycles. The summed E-state index contributed by atoms with van der Waals surface area (Å²) in [6, 6.07) is 15.3. The van der Waals surface area contributed by atoms with Crippen LogP contribution >= 0.6 is 0 Å². The number of anilines is 1. The van der Waals surface area contributed by atoms with Crippen molar-refractivity contribution in [3.05, 3.63) is 59.7 Å². The number of nitrogens with zero attached hydrogens (tertiary/aromatic N) is 1. The highest BCUT2D eigenvalue weighted by molar-refractivity contribution is 6.21. The predicted molar refractivity (Wildman–Crippen MR) is 93.2 cm³/mol. The largest absolute Gasteiger partial charge is 0.495 e. The Morgan fingerprint density at radius 1 is 1.12 bits per heavy atom. The van der Waals surface area contributed by atoms with Crippen LogP contribution in [0, 0.1) is 12.8 Å². The molecule has 2 amide bonds. The Bertz CT molecular complexity index is 770. The van der Waals surface area contributed by atoms with E-state index >= 15 is 0 Å². The zero-order chi connectivity index (χ0) is 17.3. The summed E-state index contributed by atoms with van der Waals surface area (Å²) < 4.78 is 5.37. The van der Waals surface area contributed by atoms with Gasteiger partial charge in [-0.2, -0.15) is 0 Å². The monoisotopic (exact) mass is 323 g/mol. The number of benzene rings is 2. The van der Waals surface area contributed by atoms with Gasteiger partial charge in [0, 0.05) is 6.42 Å². The average molecular weight is 323 g/mol. The molecule has 124 valence electrons. The van der Waals surface area contributed by atoms with E-state index in [0.29, 0.717) is 11.4 Å². The summed E-state index contributed by atoms with van der Waals surface area (Å²) >= 11 is 0. The van der Waals surface area contributed by atoms with Gasteiger partial charge in [-0.15, -0.1) is 0 Å². The summed E-state index contributed by atoms with van der Waals surface area (Å²) in [5.74, 6) is -0.131. The molecule has 1 aliphatic heterocycles. The molecule has 3 rings (SSSR count). The van der Waals surface area contributed by atoms with Crippen LogP contribution in [0.5, 0.6) is 5.75 Å². The van der Waals surface area contributed by atoms with Gasteiger partial charge in [-0.25, -0.2) is 4.90 Å². The highest BCUT2D eigenvalue weighted by Crippen LogP contribution is 2.39. The van der Waals surface area contributed by atoms with Gasteiger partial charge in [-0.1, -0.05) is 43.3 Å². The van der Waals surface area contributed by atoms with Crippen LogP contribution in [-0.2, 0) is 9.59 Å². The highest BCUT2D eigenvalue weighted by Gasteiger charge is 2.43. The van der Waals surface area contributed by atoms with E-state index in [4.69, 9.17) is 4.74 Å². The molecule has 1 fully saturated rings. The summed E-state index contributed by atoms with van der Waals surface area (Å²) in [7, 11) is 1.55. The van der Waals surface area contributed by atoms with Crippen LogP contribution < -0.4 is 9.64 Å².